The van der Waals surface area contributed by atoms with Gasteiger partial charge in [0.1, 0.15) is 11.5 Å². The van der Waals surface area contributed by atoms with Crippen LogP contribution in [0.3, 0.4) is 0 Å². The van der Waals surface area contributed by atoms with Gasteiger partial charge in [0.25, 0.3) is 5.91 Å². The van der Waals surface area contributed by atoms with Crippen LogP contribution < -0.4 is 20.7 Å². The van der Waals surface area contributed by atoms with Gasteiger partial charge in [-0.1, -0.05) is 0 Å². The van der Waals surface area contributed by atoms with Crippen molar-refractivity contribution in [2.24, 2.45) is 0 Å². The van der Waals surface area contributed by atoms with Crippen LogP contribution in [0.5, 0.6) is 5.75 Å². The Labute approximate surface area is 184 Å². The molecule has 0 atom stereocenters. The van der Waals surface area contributed by atoms with Gasteiger partial charge < -0.3 is 29.5 Å². The molecule has 0 spiro atoms. The molecule has 2 aromatic heterocycles. The number of anilines is 1. The molecule has 3 N–H and O–H groups in total. The smallest absolute Gasteiger partial charge is 0.313 e. The summed E-state index contributed by atoms with van der Waals surface area (Å²) in [6.45, 7) is 5.17. The van der Waals surface area contributed by atoms with E-state index >= 15 is 0 Å². The fourth-order valence-electron chi connectivity index (χ4n) is 2.93. The number of methoxy groups -OCH3 is 1. The molecule has 3 rings (SSSR count). The van der Waals surface area contributed by atoms with E-state index in [0.29, 0.717) is 34.1 Å². The third kappa shape index (κ3) is 5.34. The molecule has 10 nitrogen and oxygen atoms in total. The second-order valence-electron chi connectivity index (χ2n) is 7.65. The molecule has 0 saturated heterocycles. The molecule has 0 aliphatic carbocycles. The highest BCUT2D eigenvalue weighted by molar-refractivity contribution is 6.39. The lowest BCUT2D eigenvalue weighted by Crippen LogP contribution is -2.54. The topological polar surface area (TPSA) is 136 Å². The third-order valence-corrected chi connectivity index (χ3v) is 4.61. The number of hydrogen-bond acceptors (Lipinski definition) is 7. The standard InChI is InChI=1S/C22H24N4O6/c1-13-15(7-8-31-13)19(27)24-11-22(2,3)26-21(29)20(28)25-14-5-6-16(17(9-14)30-4)18-10-23-12-32-18/h5-10,12H,11H2,1-4H3,(H,24,27)(H,25,28)(H,26,29). The number of aromatic nitrogens is 1. The first-order valence-corrected chi connectivity index (χ1v) is 9.73. The Morgan fingerprint density at radius 2 is 1.91 bits per heavy atom. The molecule has 3 aromatic rings. The van der Waals surface area contributed by atoms with E-state index in [0.717, 1.165) is 0 Å². The minimum atomic E-state index is -0.879. The summed E-state index contributed by atoms with van der Waals surface area (Å²) in [5.74, 6) is -0.591. The lowest BCUT2D eigenvalue weighted by Gasteiger charge is -2.26. The zero-order valence-corrected chi connectivity index (χ0v) is 18.1. The van der Waals surface area contributed by atoms with E-state index in [2.05, 4.69) is 20.9 Å². The number of ether oxygens (including phenoxy) is 1. The molecule has 0 fully saturated rings. The number of nitrogens with one attached hydrogen (secondary N) is 3. The zero-order valence-electron chi connectivity index (χ0n) is 18.1. The maximum Gasteiger partial charge on any atom is 0.313 e. The summed E-state index contributed by atoms with van der Waals surface area (Å²) in [6.07, 6.45) is 4.27. The van der Waals surface area contributed by atoms with E-state index in [1.807, 2.05) is 0 Å². The average Bonchev–Trinajstić information content (AvgIpc) is 3.43. The van der Waals surface area contributed by atoms with Crippen molar-refractivity contribution in [3.63, 3.8) is 0 Å². The molecule has 0 saturated carbocycles. The van der Waals surface area contributed by atoms with Crippen molar-refractivity contribution in [2.75, 3.05) is 19.0 Å². The lowest BCUT2D eigenvalue weighted by molar-refractivity contribution is -0.137. The summed E-state index contributed by atoms with van der Waals surface area (Å²) in [7, 11) is 1.48. The molecule has 0 bridgehead atoms. The summed E-state index contributed by atoms with van der Waals surface area (Å²) in [5, 5.41) is 7.86. The van der Waals surface area contributed by atoms with Crippen molar-refractivity contribution in [1.82, 2.24) is 15.6 Å². The molecular formula is C22H24N4O6. The molecule has 0 unspecified atom stereocenters. The van der Waals surface area contributed by atoms with Crippen LogP contribution in [0.2, 0.25) is 0 Å². The Morgan fingerprint density at radius 1 is 1.12 bits per heavy atom. The highest BCUT2D eigenvalue weighted by atomic mass is 16.5. The fourth-order valence-corrected chi connectivity index (χ4v) is 2.93. The Balaban J connectivity index is 1.58. The minimum absolute atomic E-state index is 0.106. The largest absolute Gasteiger partial charge is 0.496 e. The summed E-state index contributed by atoms with van der Waals surface area (Å²) >= 11 is 0. The van der Waals surface area contributed by atoms with Gasteiger partial charge in [-0.25, -0.2) is 4.98 Å². The summed E-state index contributed by atoms with van der Waals surface area (Å²) in [6, 6.07) is 6.43. The third-order valence-electron chi connectivity index (χ3n) is 4.61. The number of nitrogens with zero attached hydrogens (tertiary/aromatic N) is 1. The van der Waals surface area contributed by atoms with Crippen molar-refractivity contribution in [2.45, 2.75) is 26.3 Å². The zero-order chi connectivity index (χ0) is 23.3. The van der Waals surface area contributed by atoms with E-state index < -0.39 is 17.4 Å². The number of benzene rings is 1. The normalized spacial score (nSPS) is 11.0. The van der Waals surface area contributed by atoms with Gasteiger partial charge in [0.15, 0.2) is 12.2 Å². The average molecular weight is 440 g/mol. The first kappa shape index (κ1) is 22.6. The molecular weight excluding hydrogens is 416 g/mol. The van der Waals surface area contributed by atoms with Crippen molar-refractivity contribution in [3.8, 4) is 17.1 Å². The van der Waals surface area contributed by atoms with Crippen LogP contribution in [0.25, 0.3) is 11.3 Å². The van der Waals surface area contributed by atoms with Crippen molar-refractivity contribution < 1.29 is 28.0 Å². The van der Waals surface area contributed by atoms with Gasteiger partial charge >= 0.3 is 11.8 Å². The molecule has 2 heterocycles. The van der Waals surface area contributed by atoms with E-state index in [1.165, 1.54) is 26.0 Å². The Hall–Kier alpha value is -4.08. The van der Waals surface area contributed by atoms with Gasteiger partial charge in [-0.3, -0.25) is 14.4 Å². The Morgan fingerprint density at radius 3 is 2.53 bits per heavy atom. The van der Waals surface area contributed by atoms with Gasteiger partial charge in [0, 0.05) is 18.3 Å². The number of rotatable bonds is 7. The maximum atomic E-state index is 12.4. The molecule has 0 aliphatic rings. The van der Waals surface area contributed by atoms with Crippen LogP contribution in [-0.4, -0.2) is 41.9 Å². The Bertz CT molecular complexity index is 1120. The number of amides is 3. The van der Waals surface area contributed by atoms with Crippen LogP contribution in [0.15, 0.2) is 52.0 Å². The van der Waals surface area contributed by atoms with E-state index in [-0.39, 0.29) is 12.5 Å². The van der Waals surface area contributed by atoms with Crippen LogP contribution in [0, 0.1) is 6.92 Å². The van der Waals surface area contributed by atoms with Crippen molar-refractivity contribution >= 4 is 23.4 Å². The molecule has 10 heteroatoms. The number of aryl methyl sites for hydroxylation is 1. The van der Waals surface area contributed by atoms with Crippen LogP contribution in [0.1, 0.15) is 30.0 Å². The van der Waals surface area contributed by atoms with E-state index in [1.54, 1.807) is 45.0 Å². The highest BCUT2D eigenvalue weighted by Crippen LogP contribution is 2.32. The predicted octanol–water partition coefficient (Wildman–Crippen LogP) is 2.51. The predicted molar refractivity (Wildman–Crippen MR) is 115 cm³/mol. The van der Waals surface area contributed by atoms with Gasteiger partial charge in [-0.15, -0.1) is 0 Å². The summed E-state index contributed by atoms with van der Waals surface area (Å²) in [4.78, 5) is 40.9. The van der Waals surface area contributed by atoms with Gasteiger partial charge in [-0.05, 0) is 39.0 Å². The van der Waals surface area contributed by atoms with E-state index in [9.17, 15) is 14.4 Å². The number of furan rings is 1. The van der Waals surface area contributed by atoms with Gasteiger partial charge in [-0.2, -0.15) is 0 Å². The monoisotopic (exact) mass is 440 g/mol. The quantitative estimate of drug-likeness (QED) is 0.480. The van der Waals surface area contributed by atoms with Crippen LogP contribution >= 0.6 is 0 Å². The number of hydrogen-bond donors (Lipinski definition) is 3. The molecule has 168 valence electrons. The first-order chi connectivity index (χ1) is 15.2. The SMILES string of the molecule is COc1cc(NC(=O)C(=O)NC(C)(C)CNC(=O)c2ccoc2C)ccc1-c1cnco1. The highest BCUT2D eigenvalue weighted by Gasteiger charge is 2.26. The molecule has 0 radical (unpaired) electrons. The number of oxazole rings is 1. The summed E-state index contributed by atoms with van der Waals surface area (Å²) < 4.78 is 15.7. The molecule has 1 aromatic carbocycles. The summed E-state index contributed by atoms with van der Waals surface area (Å²) in [5.41, 5.74) is 0.548. The van der Waals surface area contributed by atoms with E-state index in [4.69, 9.17) is 13.6 Å². The second-order valence-corrected chi connectivity index (χ2v) is 7.65. The number of carbonyl (C=O) groups excluding carboxylic acids is 3. The molecule has 3 amide bonds. The van der Waals surface area contributed by atoms with Gasteiger partial charge in [0.05, 0.1) is 36.2 Å². The fraction of sp³-hybridized carbons (Fsp3) is 0.273. The van der Waals surface area contributed by atoms with Gasteiger partial charge in [0.2, 0.25) is 0 Å². The van der Waals surface area contributed by atoms with Crippen LogP contribution in [-0.2, 0) is 9.59 Å². The minimum Gasteiger partial charge on any atom is -0.496 e. The van der Waals surface area contributed by atoms with Crippen molar-refractivity contribution in [1.29, 1.82) is 0 Å². The molecule has 0 aliphatic heterocycles. The first-order valence-electron chi connectivity index (χ1n) is 9.73. The Kier molecular flexibility index (Phi) is 6.62. The maximum absolute atomic E-state index is 12.4. The second kappa shape index (κ2) is 9.38. The lowest BCUT2D eigenvalue weighted by atomic mass is 10.1. The number of carbonyl (C=O) groups is 3. The molecule has 32 heavy (non-hydrogen) atoms. The van der Waals surface area contributed by atoms with Crippen molar-refractivity contribution in [3.05, 3.63) is 54.4 Å². The van der Waals surface area contributed by atoms with Crippen LogP contribution in [0.4, 0.5) is 5.69 Å².